The molecule has 0 saturated heterocycles. The van der Waals surface area contributed by atoms with Gasteiger partial charge >= 0.3 is 0 Å². The first kappa shape index (κ1) is 11.9. The fraction of sp³-hybridized carbons (Fsp3) is 1.00. The van der Waals surface area contributed by atoms with Crippen molar-refractivity contribution in [1.29, 1.82) is 0 Å². The molecule has 2 N–H and O–H groups in total. The molecule has 0 aromatic carbocycles. The molecule has 0 aromatic rings. The van der Waals surface area contributed by atoms with Crippen LogP contribution in [0.15, 0.2) is 0 Å². The Morgan fingerprint density at radius 3 is 2.08 bits per heavy atom. The molecule has 74 valence electrons. The van der Waals surface area contributed by atoms with Crippen LogP contribution in [-0.4, -0.2) is 30.1 Å². The smallest absolute Gasteiger partial charge is 0.0226 e. The Kier molecular flexibility index (Phi) is 4.80. The zero-order chi connectivity index (χ0) is 9.78. The highest BCUT2D eigenvalue weighted by Crippen LogP contribution is 2.04. The molecular weight excluding hydrogens is 148 g/mol. The van der Waals surface area contributed by atoms with E-state index in [1.54, 1.807) is 0 Å². The number of hydrogen-bond acceptors (Lipinski definition) is 2. The quantitative estimate of drug-likeness (QED) is 0.684. The van der Waals surface area contributed by atoms with Gasteiger partial charge in [-0.05, 0) is 26.3 Å². The van der Waals surface area contributed by atoms with Crippen LogP contribution in [-0.2, 0) is 0 Å². The summed E-state index contributed by atoms with van der Waals surface area (Å²) < 4.78 is 0. The molecule has 0 aromatic heterocycles. The lowest BCUT2D eigenvalue weighted by Gasteiger charge is -2.29. The standard InChI is InChI=1S/C10H24N2/c1-6-12(7-9(2)3)8-10(4,5)11/h9H,6-8,11H2,1-5H3. The van der Waals surface area contributed by atoms with E-state index < -0.39 is 0 Å². The third-order valence-electron chi connectivity index (χ3n) is 1.70. The van der Waals surface area contributed by atoms with Crippen molar-refractivity contribution in [3.63, 3.8) is 0 Å². The first-order chi connectivity index (χ1) is 5.35. The average Bonchev–Trinajstić information content (AvgIpc) is 1.82. The van der Waals surface area contributed by atoms with Crippen molar-refractivity contribution in [1.82, 2.24) is 4.90 Å². The Hall–Kier alpha value is -0.0800. The van der Waals surface area contributed by atoms with Crippen molar-refractivity contribution in [2.45, 2.75) is 40.2 Å². The highest BCUT2D eigenvalue weighted by Gasteiger charge is 2.15. The van der Waals surface area contributed by atoms with Crippen molar-refractivity contribution < 1.29 is 0 Å². The molecule has 0 rings (SSSR count). The van der Waals surface area contributed by atoms with E-state index >= 15 is 0 Å². The largest absolute Gasteiger partial charge is 0.324 e. The van der Waals surface area contributed by atoms with E-state index in [1.165, 1.54) is 0 Å². The first-order valence-corrected chi connectivity index (χ1v) is 4.86. The van der Waals surface area contributed by atoms with Crippen LogP contribution in [0.25, 0.3) is 0 Å². The molecule has 0 aliphatic carbocycles. The van der Waals surface area contributed by atoms with Gasteiger partial charge in [0.25, 0.3) is 0 Å². The zero-order valence-electron chi connectivity index (χ0n) is 9.22. The summed E-state index contributed by atoms with van der Waals surface area (Å²) in [5.74, 6) is 0.729. The van der Waals surface area contributed by atoms with Gasteiger partial charge in [-0.2, -0.15) is 0 Å². The van der Waals surface area contributed by atoms with Gasteiger partial charge in [0.1, 0.15) is 0 Å². The van der Waals surface area contributed by atoms with Gasteiger partial charge in [-0.15, -0.1) is 0 Å². The fourth-order valence-electron chi connectivity index (χ4n) is 1.40. The maximum Gasteiger partial charge on any atom is 0.0226 e. The van der Waals surface area contributed by atoms with Crippen LogP contribution >= 0.6 is 0 Å². The van der Waals surface area contributed by atoms with Crippen molar-refractivity contribution in [3.05, 3.63) is 0 Å². The van der Waals surface area contributed by atoms with Crippen molar-refractivity contribution in [2.24, 2.45) is 11.7 Å². The summed E-state index contributed by atoms with van der Waals surface area (Å²) in [7, 11) is 0. The molecule has 0 saturated carbocycles. The van der Waals surface area contributed by atoms with Gasteiger partial charge in [0.05, 0.1) is 0 Å². The van der Waals surface area contributed by atoms with E-state index in [0.717, 1.165) is 25.6 Å². The monoisotopic (exact) mass is 172 g/mol. The molecule has 2 nitrogen and oxygen atoms in total. The second-order valence-electron chi connectivity index (χ2n) is 4.71. The minimum absolute atomic E-state index is 0.0646. The molecule has 0 heterocycles. The van der Waals surface area contributed by atoms with E-state index in [1.807, 2.05) is 0 Å². The minimum Gasteiger partial charge on any atom is -0.324 e. The predicted molar refractivity (Wildman–Crippen MR) is 55.2 cm³/mol. The maximum atomic E-state index is 5.95. The van der Waals surface area contributed by atoms with Gasteiger partial charge in [-0.25, -0.2) is 0 Å². The van der Waals surface area contributed by atoms with Crippen molar-refractivity contribution in [2.75, 3.05) is 19.6 Å². The van der Waals surface area contributed by atoms with E-state index in [-0.39, 0.29) is 5.54 Å². The van der Waals surface area contributed by atoms with Crippen LogP contribution in [0.5, 0.6) is 0 Å². The summed E-state index contributed by atoms with van der Waals surface area (Å²) in [4.78, 5) is 2.41. The summed E-state index contributed by atoms with van der Waals surface area (Å²) in [6.45, 7) is 14.1. The van der Waals surface area contributed by atoms with Crippen LogP contribution in [0.2, 0.25) is 0 Å². The topological polar surface area (TPSA) is 29.3 Å². The van der Waals surface area contributed by atoms with Crippen LogP contribution in [0.3, 0.4) is 0 Å². The van der Waals surface area contributed by atoms with Crippen molar-refractivity contribution >= 4 is 0 Å². The molecule has 0 unspecified atom stereocenters. The third kappa shape index (κ3) is 6.62. The Balaban J connectivity index is 3.83. The molecule has 0 aliphatic heterocycles. The van der Waals surface area contributed by atoms with E-state index in [0.29, 0.717) is 0 Å². The summed E-state index contributed by atoms with van der Waals surface area (Å²) in [6, 6.07) is 0. The van der Waals surface area contributed by atoms with E-state index in [4.69, 9.17) is 5.73 Å². The SMILES string of the molecule is CCN(CC(C)C)CC(C)(C)N. The molecule has 0 atom stereocenters. The Morgan fingerprint density at radius 1 is 1.33 bits per heavy atom. The lowest BCUT2D eigenvalue weighted by atomic mass is 10.1. The average molecular weight is 172 g/mol. The lowest BCUT2D eigenvalue weighted by molar-refractivity contribution is 0.213. The predicted octanol–water partition coefficient (Wildman–Crippen LogP) is 1.70. The molecule has 2 heteroatoms. The first-order valence-electron chi connectivity index (χ1n) is 4.86. The van der Waals surface area contributed by atoms with Gasteiger partial charge in [0.2, 0.25) is 0 Å². The van der Waals surface area contributed by atoms with Gasteiger partial charge in [-0.1, -0.05) is 20.8 Å². The molecule has 0 spiro atoms. The Morgan fingerprint density at radius 2 is 1.83 bits per heavy atom. The number of hydrogen-bond donors (Lipinski definition) is 1. The second kappa shape index (κ2) is 4.83. The van der Waals surface area contributed by atoms with Crippen LogP contribution < -0.4 is 5.73 Å². The number of nitrogens with zero attached hydrogens (tertiary/aromatic N) is 1. The van der Waals surface area contributed by atoms with Crippen LogP contribution in [0.4, 0.5) is 0 Å². The fourth-order valence-corrected chi connectivity index (χ4v) is 1.40. The molecule has 0 aliphatic rings. The number of likely N-dealkylation sites (N-methyl/N-ethyl adjacent to an activating group) is 1. The molecule has 0 bridgehead atoms. The lowest BCUT2D eigenvalue weighted by Crippen LogP contribution is -2.46. The van der Waals surface area contributed by atoms with Gasteiger partial charge in [0, 0.05) is 18.6 Å². The second-order valence-corrected chi connectivity index (χ2v) is 4.71. The number of rotatable bonds is 5. The number of nitrogens with two attached hydrogens (primary N) is 1. The molecular formula is C10H24N2. The summed E-state index contributed by atoms with van der Waals surface area (Å²) in [6.07, 6.45) is 0. The summed E-state index contributed by atoms with van der Waals surface area (Å²) >= 11 is 0. The molecule has 0 radical (unpaired) electrons. The molecule has 0 amide bonds. The zero-order valence-corrected chi connectivity index (χ0v) is 9.22. The van der Waals surface area contributed by atoms with Gasteiger partial charge in [-0.3, -0.25) is 0 Å². The Labute approximate surface area is 77.1 Å². The normalized spacial score (nSPS) is 13.0. The Bertz CT molecular complexity index is 113. The third-order valence-corrected chi connectivity index (χ3v) is 1.70. The van der Waals surface area contributed by atoms with Crippen LogP contribution in [0.1, 0.15) is 34.6 Å². The molecule has 0 fully saturated rings. The highest BCUT2D eigenvalue weighted by molar-refractivity contribution is 4.77. The van der Waals surface area contributed by atoms with E-state index in [9.17, 15) is 0 Å². The summed E-state index contributed by atoms with van der Waals surface area (Å²) in [5.41, 5.74) is 5.88. The molecule has 12 heavy (non-hydrogen) atoms. The van der Waals surface area contributed by atoms with Gasteiger partial charge < -0.3 is 10.6 Å². The summed E-state index contributed by atoms with van der Waals surface area (Å²) in [5, 5.41) is 0. The van der Waals surface area contributed by atoms with E-state index in [2.05, 4.69) is 39.5 Å². The minimum atomic E-state index is -0.0646. The van der Waals surface area contributed by atoms with Crippen molar-refractivity contribution in [3.8, 4) is 0 Å². The van der Waals surface area contributed by atoms with Gasteiger partial charge in [0.15, 0.2) is 0 Å². The van der Waals surface area contributed by atoms with Crippen LogP contribution in [0, 0.1) is 5.92 Å². The highest BCUT2D eigenvalue weighted by atomic mass is 15.1. The maximum absolute atomic E-state index is 5.95.